The molecule has 2 N–H and O–H groups in total. The molecule has 1 saturated heterocycles. The van der Waals surface area contributed by atoms with Crippen molar-refractivity contribution in [2.24, 2.45) is 7.05 Å². The molecule has 3 aromatic rings. The monoisotopic (exact) mass is 499 g/mol. The van der Waals surface area contributed by atoms with Gasteiger partial charge in [-0.15, -0.1) is 0 Å². The van der Waals surface area contributed by atoms with Gasteiger partial charge in [-0.2, -0.15) is 5.10 Å². The van der Waals surface area contributed by atoms with E-state index >= 15 is 0 Å². The minimum absolute atomic E-state index is 0.106. The Morgan fingerprint density at radius 2 is 2.00 bits per heavy atom. The van der Waals surface area contributed by atoms with E-state index in [9.17, 15) is 13.2 Å². The fraction of sp³-hybridized carbons (Fsp3) is 0.391. The van der Waals surface area contributed by atoms with Crippen molar-refractivity contribution in [3.05, 3.63) is 54.0 Å². The number of morpholine rings is 1. The second kappa shape index (κ2) is 10.4. The molecule has 0 bridgehead atoms. The van der Waals surface area contributed by atoms with Gasteiger partial charge in [0.15, 0.2) is 15.7 Å². The molecule has 35 heavy (non-hydrogen) atoms. The molecule has 1 aromatic carbocycles. The molecule has 0 saturated carbocycles. The number of aromatic nitrogens is 4. The average molecular weight is 500 g/mol. The van der Waals surface area contributed by atoms with Gasteiger partial charge in [0.2, 0.25) is 0 Å². The Morgan fingerprint density at radius 3 is 2.66 bits per heavy atom. The highest BCUT2D eigenvalue weighted by atomic mass is 32.2. The van der Waals surface area contributed by atoms with Gasteiger partial charge in [-0.3, -0.25) is 4.68 Å². The van der Waals surface area contributed by atoms with Crippen LogP contribution in [-0.4, -0.2) is 66.3 Å². The minimum atomic E-state index is -3.27. The molecule has 1 aliphatic heterocycles. The van der Waals surface area contributed by atoms with Gasteiger partial charge < -0.3 is 20.3 Å². The topological polar surface area (TPSA) is 131 Å². The Bertz CT molecular complexity index is 1290. The van der Waals surface area contributed by atoms with E-state index < -0.39 is 9.84 Å². The van der Waals surface area contributed by atoms with Gasteiger partial charge in [0.05, 0.1) is 36.9 Å². The van der Waals surface area contributed by atoms with Crippen LogP contribution >= 0.6 is 0 Å². The van der Waals surface area contributed by atoms with E-state index in [1.807, 2.05) is 20.2 Å². The molecule has 4 rings (SSSR count). The van der Waals surface area contributed by atoms with Crippen LogP contribution in [0, 0.1) is 0 Å². The number of aryl methyl sites for hydroxylation is 1. The second-order valence-corrected chi connectivity index (χ2v) is 10.8. The lowest BCUT2D eigenvalue weighted by Gasteiger charge is -2.34. The van der Waals surface area contributed by atoms with Crippen LogP contribution in [0.15, 0.2) is 42.7 Å². The number of urea groups is 1. The van der Waals surface area contributed by atoms with Crippen molar-refractivity contribution in [2.45, 2.75) is 25.3 Å². The summed E-state index contributed by atoms with van der Waals surface area (Å²) >= 11 is 0. The number of amides is 2. The van der Waals surface area contributed by atoms with Gasteiger partial charge in [-0.05, 0) is 31.2 Å². The molecule has 2 amide bonds. The van der Waals surface area contributed by atoms with Crippen molar-refractivity contribution in [1.82, 2.24) is 25.1 Å². The molecule has 1 fully saturated rings. The summed E-state index contributed by atoms with van der Waals surface area (Å²) in [5.74, 6) is 0.916. The lowest BCUT2D eigenvalue weighted by atomic mass is 10.2. The number of ether oxygens (including phenoxy) is 1. The Kier molecular flexibility index (Phi) is 7.31. The summed E-state index contributed by atoms with van der Waals surface area (Å²) in [5, 5.41) is 9.65. The van der Waals surface area contributed by atoms with Crippen LogP contribution in [0.2, 0.25) is 0 Å². The van der Waals surface area contributed by atoms with Crippen molar-refractivity contribution < 1.29 is 17.9 Å². The maximum absolute atomic E-state index is 12.2. The Morgan fingerprint density at radius 1 is 1.23 bits per heavy atom. The highest BCUT2D eigenvalue weighted by Gasteiger charge is 2.22. The number of benzene rings is 1. The zero-order valence-electron chi connectivity index (χ0n) is 19.9. The summed E-state index contributed by atoms with van der Waals surface area (Å²) in [4.78, 5) is 23.6. The number of carbonyl (C=O) groups is 1. The number of anilines is 2. The number of hydrogen-bond acceptors (Lipinski definition) is 8. The third-order valence-electron chi connectivity index (χ3n) is 5.45. The molecule has 3 heterocycles. The van der Waals surface area contributed by atoms with E-state index in [1.165, 1.54) is 6.26 Å². The predicted molar refractivity (Wildman–Crippen MR) is 133 cm³/mol. The minimum Gasteiger partial charge on any atom is -0.377 e. The first-order chi connectivity index (χ1) is 16.7. The summed E-state index contributed by atoms with van der Waals surface area (Å²) in [6, 6.07) is 8.59. The van der Waals surface area contributed by atoms with E-state index in [2.05, 4.69) is 25.6 Å². The highest BCUT2D eigenvalue weighted by molar-refractivity contribution is 7.89. The first-order valence-electron chi connectivity index (χ1n) is 11.2. The fourth-order valence-electron chi connectivity index (χ4n) is 3.79. The van der Waals surface area contributed by atoms with Crippen LogP contribution in [-0.2, 0) is 33.9 Å². The van der Waals surface area contributed by atoms with Crippen LogP contribution in [0.25, 0.3) is 11.4 Å². The number of sulfone groups is 1. The van der Waals surface area contributed by atoms with Crippen molar-refractivity contribution in [3.8, 4) is 11.4 Å². The molecule has 186 valence electrons. The summed E-state index contributed by atoms with van der Waals surface area (Å²) in [6.07, 6.45) is 4.71. The molecular formula is C23H29N7O4S. The van der Waals surface area contributed by atoms with E-state index in [4.69, 9.17) is 9.72 Å². The van der Waals surface area contributed by atoms with Crippen molar-refractivity contribution in [2.75, 3.05) is 36.2 Å². The number of rotatable bonds is 7. The van der Waals surface area contributed by atoms with Crippen LogP contribution in [0.1, 0.15) is 18.2 Å². The third kappa shape index (κ3) is 6.76. The molecule has 1 atom stereocenters. The first-order valence-corrected chi connectivity index (χ1v) is 13.3. The maximum Gasteiger partial charge on any atom is 0.319 e. The smallest absolute Gasteiger partial charge is 0.319 e. The molecule has 0 spiro atoms. The predicted octanol–water partition coefficient (Wildman–Crippen LogP) is 1.97. The molecule has 11 nitrogen and oxygen atoms in total. The van der Waals surface area contributed by atoms with Gasteiger partial charge in [0.1, 0.15) is 5.82 Å². The highest BCUT2D eigenvalue weighted by Crippen LogP contribution is 2.25. The van der Waals surface area contributed by atoms with Crippen LogP contribution in [0.4, 0.5) is 16.3 Å². The summed E-state index contributed by atoms with van der Waals surface area (Å²) in [5.41, 5.74) is 2.65. The quantitative estimate of drug-likeness (QED) is 0.504. The van der Waals surface area contributed by atoms with Gasteiger partial charge in [-0.1, -0.05) is 0 Å². The summed E-state index contributed by atoms with van der Waals surface area (Å²) in [6.45, 7) is 4.21. The van der Waals surface area contributed by atoms with Gasteiger partial charge in [-0.25, -0.2) is 23.2 Å². The van der Waals surface area contributed by atoms with Gasteiger partial charge in [0, 0.05) is 55.5 Å². The number of hydrogen-bond donors (Lipinski definition) is 2. The largest absolute Gasteiger partial charge is 0.377 e. The fourth-order valence-corrected chi connectivity index (χ4v) is 4.48. The summed E-state index contributed by atoms with van der Waals surface area (Å²) < 4.78 is 31.1. The maximum atomic E-state index is 12.2. The van der Waals surface area contributed by atoms with E-state index in [1.54, 1.807) is 41.2 Å². The van der Waals surface area contributed by atoms with Crippen molar-refractivity contribution in [3.63, 3.8) is 0 Å². The molecule has 0 aliphatic carbocycles. The van der Waals surface area contributed by atoms with Crippen LogP contribution < -0.4 is 15.5 Å². The zero-order chi connectivity index (χ0) is 25.0. The van der Waals surface area contributed by atoms with E-state index in [0.717, 1.165) is 5.56 Å². The lowest BCUT2D eigenvalue weighted by Crippen LogP contribution is -2.44. The molecule has 12 heteroatoms. The van der Waals surface area contributed by atoms with Crippen LogP contribution in [0.5, 0.6) is 0 Å². The second-order valence-electron chi connectivity index (χ2n) is 8.64. The Hall–Kier alpha value is -3.51. The van der Waals surface area contributed by atoms with Gasteiger partial charge >= 0.3 is 6.03 Å². The van der Waals surface area contributed by atoms with Crippen LogP contribution in [0.3, 0.4) is 0 Å². The van der Waals surface area contributed by atoms with Gasteiger partial charge in [0.25, 0.3) is 0 Å². The standard InChI is InChI=1S/C23H29N7O4S/c1-16-14-34-9-8-30(16)21-10-20(15-35(3,32)33)26-22(28-21)18-4-6-19(7-5-18)27-23(31)24-11-17-12-25-29(2)13-17/h4-7,10,12-13,16H,8-9,11,14-15H2,1-3H3,(H2,24,27,31)/t16-/m0/s1. The number of nitrogens with one attached hydrogen (secondary N) is 2. The van der Waals surface area contributed by atoms with E-state index in [0.29, 0.717) is 54.9 Å². The Labute approximate surface area is 204 Å². The molecule has 0 unspecified atom stereocenters. The number of carbonyl (C=O) groups excluding carboxylic acids is 1. The molecule has 2 aromatic heterocycles. The normalized spacial score (nSPS) is 16.2. The van der Waals surface area contributed by atoms with Crippen molar-refractivity contribution >= 4 is 27.4 Å². The summed E-state index contributed by atoms with van der Waals surface area (Å²) in [7, 11) is -1.46. The average Bonchev–Trinajstić information content (AvgIpc) is 3.22. The molecule has 1 aliphatic rings. The first kappa shape index (κ1) is 24.6. The molecular weight excluding hydrogens is 470 g/mol. The van der Waals surface area contributed by atoms with E-state index in [-0.39, 0.29) is 17.8 Å². The number of nitrogens with zero attached hydrogens (tertiary/aromatic N) is 5. The lowest BCUT2D eigenvalue weighted by molar-refractivity contribution is 0.0985. The zero-order valence-corrected chi connectivity index (χ0v) is 20.7. The third-order valence-corrected chi connectivity index (χ3v) is 6.27. The van der Waals surface area contributed by atoms with Crippen molar-refractivity contribution in [1.29, 1.82) is 0 Å². The molecule has 0 radical (unpaired) electrons. The SMILES string of the molecule is C[C@H]1COCCN1c1cc(CS(C)(=O)=O)nc(-c2ccc(NC(=O)NCc3cnn(C)c3)cc2)n1. The Balaban J connectivity index is 1.51.